The molecule has 1 aromatic rings. The van der Waals surface area contributed by atoms with Crippen molar-refractivity contribution in [1.29, 1.82) is 0 Å². The molecule has 0 N–H and O–H groups in total. The average molecular weight is 314 g/mol. The number of hydrogen-bond donors (Lipinski definition) is 0. The van der Waals surface area contributed by atoms with Crippen molar-refractivity contribution >= 4 is 37.2 Å². The minimum absolute atomic E-state index is 0.236. The van der Waals surface area contributed by atoms with E-state index in [0.717, 1.165) is 6.07 Å². The lowest BCUT2D eigenvalue weighted by Crippen LogP contribution is -2.26. The normalized spacial score (nSPS) is 11.4. The van der Waals surface area contributed by atoms with Crippen LogP contribution < -0.4 is 0 Å². The quantitative estimate of drug-likeness (QED) is 0.806. The SMILES string of the molecule is CCN(C)C(=O)c1cc(S(=O)(=O)Cl)cc(F)c1Cl. The van der Waals surface area contributed by atoms with Crippen molar-refractivity contribution in [2.75, 3.05) is 13.6 Å². The fraction of sp³-hybridized carbons (Fsp3) is 0.300. The fourth-order valence-electron chi connectivity index (χ4n) is 1.21. The zero-order valence-corrected chi connectivity index (χ0v) is 11.9. The highest BCUT2D eigenvalue weighted by Crippen LogP contribution is 2.27. The van der Waals surface area contributed by atoms with Crippen LogP contribution in [0.2, 0.25) is 5.02 Å². The summed E-state index contributed by atoms with van der Waals surface area (Å²) in [6.07, 6.45) is 0. The molecule has 100 valence electrons. The van der Waals surface area contributed by atoms with Crippen LogP contribution >= 0.6 is 22.3 Å². The molecule has 18 heavy (non-hydrogen) atoms. The van der Waals surface area contributed by atoms with Crippen LogP contribution in [0.3, 0.4) is 0 Å². The van der Waals surface area contributed by atoms with Crippen LogP contribution in [-0.4, -0.2) is 32.8 Å². The van der Waals surface area contributed by atoms with E-state index in [2.05, 4.69) is 0 Å². The molecule has 0 fully saturated rings. The molecule has 0 atom stereocenters. The van der Waals surface area contributed by atoms with E-state index in [9.17, 15) is 17.6 Å². The Balaban J connectivity index is 3.45. The Labute approximate surface area is 114 Å². The van der Waals surface area contributed by atoms with Crippen LogP contribution in [0.1, 0.15) is 17.3 Å². The summed E-state index contributed by atoms with van der Waals surface area (Å²) in [7, 11) is 2.47. The zero-order valence-electron chi connectivity index (χ0n) is 9.58. The Morgan fingerprint density at radius 2 is 2.00 bits per heavy atom. The van der Waals surface area contributed by atoms with Gasteiger partial charge in [-0.15, -0.1) is 0 Å². The summed E-state index contributed by atoms with van der Waals surface area (Å²) in [5.41, 5.74) is -0.236. The van der Waals surface area contributed by atoms with Gasteiger partial charge in [-0.25, -0.2) is 12.8 Å². The average Bonchev–Trinajstić information content (AvgIpc) is 2.29. The molecule has 0 aliphatic rings. The minimum Gasteiger partial charge on any atom is -0.342 e. The smallest absolute Gasteiger partial charge is 0.261 e. The zero-order chi connectivity index (χ0) is 14.1. The third kappa shape index (κ3) is 3.13. The van der Waals surface area contributed by atoms with Crippen LogP contribution in [0.4, 0.5) is 4.39 Å². The Bertz CT molecular complexity index is 589. The molecule has 1 rings (SSSR count). The lowest BCUT2D eigenvalue weighted by molar-refractivity contribution is 0.0802. The van der Waals surface area contributed by atoms with Gasteiger partial charge in [0.1, 0.15) is 5.82 Å². The van der Waals surface area contributed by atoms with E-state index < -0.39 is 30.7 Å². The van der Waals surface area contributed by atoms with Gasteiger partial charge in [-0.1, -0.05) is 11.6 Å². The van der Waals surface area contributed by atoms with Crippen molar-refractivity contribution in [3.05, 3.63) is 28.5 Å². The first-order valence-corrected chi connectivity index (χ1v) is 7.56. The summed E-state index contributed by atoms with van der Waals surface area (Å²) in [5, 5.41) is -0.427. The van der Waals surface area contributed by atoms with Crippen LogP contribution in [0, 0.1) is 5.82 Å². The van der Waals surface area contributed by atoms with Gasteiger partial charge < -0.3 is 4.90 Å². The first-order valence-electron chi connectivity index (χ1n) is 4.87. The standard InChI is InChI=1S/C10H10Cl2FNO3S/c1-3-14(2)10(15)7-4-6(18(12,16)17)5-8(13)9(7)11/h4-5H,3H2,1-2H3. The van der Waals surface area contributed by atoms with E-state index in [0.29, 0.717) is 12.6 Å². The number of nitrogens with zero attached hydrogens (tertiary/aromatic N) is 1. The molecule has 1 amide bonds. The third-order valence-corrected chi connectivity index (χ3v) is 4.05. The van der Waals surface area contributed by atoms with E-state index in [4.69, 9.17) is 22.3 Å². The summed E-state index contributed by atoms with van der Waals surface area (Å²) in [6, 6.07) is 1.63. The maximum atomic E-state index is 13.5. The molecule has 1 aromatic carbocycles. The molecular weight excluding hydrogens is 304 g/mol. The number of rotatable bonds is 3. The van der Waals surface area contributed by atoms with Crippen LogP contribution in [0.5, 0.6) is 0 Å². The lowest BCUT2D eigenvalue weighted by atomic mass is 10.2. The number of carbonyl (C=O) groups excluding carboxylic acids is 1. The topological polar surface area (TPSA) is 54.5 Å². The lowest BCUT2D eigenvalue weighted by Gasteiger charge is -2.16. The molecule has 0 saturated carbocycles. The van der Waals surface area contributed by atoms with Gasteiger partial charge in [-0.3, -0.25) is 4.79 Å². The molecule has 0 aliphatic heterocycles. The molecule has 0 radical (unpaired) electrons. The maximum Gasteiger partial charge on any atom is 0.261 e. The first kappa shape index (κ1) is 15.2. The molecule has 0 bridgehead atoms. The number of hydrogen-bond acceptors (Lipinski definition) is 3. The second-order valence-corrected chi connectivity index (χ2v) is 6.47. The summed E-state index contributed by atoms with van der Waals surface area (Å²) in [5.74, 6) is -1.59. The van der Waals surface area contributed by atoms with E-state index >= 15 is 0 Å². The Morgan fingerprint density at radius 1 is 1.44 bits per heavy atom. The number of halogens is 3. The van der Waals surface area contributed by atoms with Gasteiger partial charge in [0.25, 0.3) is 15.0 Å². The Morgan fingerprint density at radius 3 is 2.44 bits per heavy atom. The van der Waals surface area contributed by atoms with Gasteiger partial charge in [-0.05, 0) is 19.1 Å². The number of carbonyl (C=O) groups is 1. The van der Waals surface area contributed by atoms with Crippen LogP contribution in [0.15, 0.2) is 17.0 Å². The van der Waals surface area contributed by atoms with Gasteiger partial charge in [0.2, 0.25) is 0 Å². The van der Waals surface area contributed by atoms with Crippen molar-refractivity contribution in [3.63, 3.8) is 0 Å². The van der Waals surface area contributed by atoms with Gasteiger partial charge in [0.05, 0.1) is 15.5 Å². The molecule has 0 heterocycles. The van der Waals surface area contributed by atoms with E-state index in [1.165, 1.54) is 11.9 Å². The molecule has 0 unspecified atom stereocenters. The Kier molecular flexibility index (Phi) is 4.58. The van der Waals surface area contributed by atoms with Gasteiger partial charge in [-0.2, -0.15) is 0 Å². The van der Waals surface area contributed by atoms with Crippen LogP contribution in [0.25, 0.3) is 0 Å². The highest BCUT2D eigenvalue weighted by Gasteiger charge is 2.22. The fourth-order valence-corrected chi connectivity index (χ4v) is 2.17. The van der Waals surface area contributed by atoms with E-state index in [1.807, 2.05) is 0 Å². The Hall–Kier alpha value is -0.850. The minimum atomic E-state index is -4.13. The van der Waals surface area contributed by atoms with Crippen molar-refractivity contribution in [2.45, 2.75) is 11.8 Å². The molecule has 4 nitrogen and oxygen atoms in total. The molecular formula is C10H10Cl2FNO3S. The monoisotopic (exact) mass is 313 g/mol. The van der Waals surface area contributed by atoms with Crippen molar-refractivity contribution in [2.24, 2.45) is 0 Å². The molecule has 0 aromatic heterocycles. The van der Waals surface area contributed by atoms with Gasteiger partial charge in [0, 0.05) is 24.3 Å². The molecule has 8 heteroatoms. The van der Waals surface area contributed by atoms with Crippen molar-refractivity contribution in [1.82, 2.24) is 4.90 Å². The summed E-state index contributed by atoms with van der Waals surface area (Å²) >= 11 is 5.65. The van der Waals surface area contributed by atoms with Gasteiger partial charge in [0.15, 0.2) is 0 Å². The summed E-state index contributed by atoms with van der Waals surface area (Å²) in [4.78, 5) is 12.6. The highest BCUT2D eigenvalue weighted by atomic mass is 35.7. The summed E-state index contributed by atoms with van der Waals surface area (Å²) < 4.78 is 35.8. The second kappa shape index (κ2) is 5.42. The predicted octanol–water partition coefficient (Wildman–Crippen LogP) is 2.50. The van der Waals surface area contributed by atoms with Crippen LogP contribution in [-0.2, 0) is 9.05 Å². The number of amides is 1. The van der Waals surface area contributed by atoms with Crippen molar-refractivity contribution < 1.29 is 17.6 Å². The largest absolute Gasteiger partial charge is 0.342 e. The predicted molar refractivity (Wildman–Crippen MR) is 67.1 cm³/mol. The molecule has 0 saturated heterocycles. The first-order chi connectivity index (χ1) is 8.18. The number of benzene rings is 1. The highest BCUT2D eigenvalue weighted by molar-refractivity contribution is 8.13. The third-order valence-electron chi connectivity index (χ3n) is 2.33. The van der Waals surface area contributed by atoms with Crippen molar-refractivity contribution in [3.8, 4) is 0 Å². The van der Waals surface area contributed by atoms with E-state index in [-0.39, 0.29) is 5.56 Å². The summed E-state index contributed by atoms with van der Waals surface area (Å²) in [6.45, 7) is 2.08. The molecule has 0 aliphatic carbocycles. The van der Waals surface area contributed by atoms with E-state index in [1.54, 1.807) is 6.92 Å². The second-order valence-electron chi connectivity index (χ2n) is 3.52. The van der Waals surface area contributed by atoms with Gasteiger partial charge >= 0.3 is 0 Å². The maximum absolute atomic E-state index is 13.5. The molecule has 0 spiro atoms.